The van der Waals surface area contributed by atoms with Crippen molar-refractivity contribution in [2.24, 2.45) is 0 Å². The number of hydrogen-bond donors (Lipinski definition) is 2. The van der Waals surface area contributed by atoms with Gasteiger partial charge in [0.25, 0.3) is 0 Å². The van der Waals surface area contributed by atoms with E-state index in [0.29, 0.717) is 6.42 Å². The van der Waals surface area contributed by atoms with E-state index in [1.807, 2.05) is 13.8 Å². The first kappa shape index (κ1) is 28.1. The van der Waals surface area contributed by atoms with Crippen molar-refractivity contribution in [3.05, 3.63) is 0 Å². The fraction of sp³-hybridized carbons (Fsp3) is 0.909. The third kappa shape index (κ3) is 27.2. The SMILES string of the molecule is CC(O)C(=O)O.CCCCCCCCCCCCCCCC(=O)OC(C)C. The number of carbonyl (C=O) groups excluding carboxylic acids is 1. The van der Waals surface area contributed by atoms with Crippen molar-refractivity contribution in [2.75, 3.05) is 0 Å². The van der Waals surface area contributed by atoms with E-state index >= 15 is 0 Å². The van der Waals surface area contributed by atoms with Crippen LogP contribution in [0.1, 0.15) is 118 Å². The van der Waals surface area contributed by atoms with Gasteiger partial charge in [-0.3, -0.25) is 4.79 Å². The molecule has 5 nitrogen and oxygen atoms in total. The lowest BCUT2D eigenvalue weighted by molar-refractivity contribution is -0.147. The number of aliphatic hydroxyl groups is 1. The summed E-state index contributed by atoms with van der Waals surface area (Å²) in [7, 11) is 0. The van der Waals surface area contributed by atoms with Crippen molar-refractivity contribution in [2.45, 2.75) is 130 Å². The molecule has 0 spiro atoms. The molecule has 162 valence electrons. The Hall–Kier alpha value is -1.10. The van der Waals surface area contributed by atoms with Gasteiger partial charge in [0.15, 0.2) is 0 Å². The van der Waals surface area contributed by atoms with Crippen molar-refractivity contribution in [3.8, 4) is 0 Å². The Morgan fingerprint density at radius 1 is 0.741 bits per heavy atom. The molecule has 0 rings (SSSR count). The molecule has 5 heteroatoms. The van der Waals surface area contributed by atoms with Crippen molar-refractivity contribution >= 4 is 11.9 Å². The molecule has 0 aromatic rings. The topological polar surface area (TPSA) is 83.8 Å². The van der Waals surface area contributed by atoms with Gasteiger partial charge >= 0.3 is 11.9 Å². The highest BCUT2D eigenvalue weighted by atomic mass is 16.5. The van der Waals surface area contributed by atoms with Gasteiger partial charge in [-0.2, -0.15) is 0 Å². The van der Waals surface area contributed by atoms with E-state index in [9.17, 15) is 9.59 Å². The van der Waals surface area contributed by atoms with Crippen molar-refractivity contribution in [3.63, 3.8) is 0 Å². The van der Waals surface area contributed by atoms with Gasteiger partial charge in [-0.1, -0.05) is 84.0 Å². The lowest BCUT2D eigenvalue weighted by Gasteiger charge is -2.07. The maximum atomic E-state index is 11.3. The second-order valence-electron chi connectivity index (χ2n) is 7.55. The second-order valence-corrected chi connectivity index (χ2v) is 7.55. The molecule has 1 unspecified atom stereocenters. The minimum atomic E-state index is -1.23. The molecular weight excluding hydrogens is 344 g/mol. The zero-order valence-corrected chi connectivity index (χ0v) is 18.2. The summed E-state index contributed by atoms with van der Waals surface area (Å²) in [5.41, 5.74) is 0. The zero-order chi connectivity index (χ0) is 20.9. The van der Waals surface area contributed by atoms with Crippen LogP contribution >= 0.6 is 0 Å². The van der Waals surface area contributed by atoms with Crippen LogP contribution in [0.5, 0.6) is 0 Å². The summed E-state index contributed by atoms with van der Waals surface area (Å²) in [6.45, 7) is 7.28. The Morgan fingerprint density at radius 2 is 1.07 bits per heavy atom. The maximum Gasteiger partial charge on any atom is 0.332 e. The second kappa shape index (κ2) is 21.2. The molecule has 0 heterocycles. The van der Waals surface area contributed by atoms with Crippen LogP contribution in [0.25, 0.3) is 0 Å². The average molecular weight is 389 g/mol. The predicted octanol–water partition coefficient (Wildman–Crippen LogP) is 5.87. The molecule has 0 aromatic carbocycles. The molecule has 0 aromatic heterocycles. The summed E-state index contributed by atoms with van der Waals surface area (Å²) in [4.78, 5) is 20.8. The van der Waals surface area contributed by atoms with Gasteiger partial charge in [-0.15, -0.1) is 0 Å². The molecule has 1 atom stereocenters. The van der Waals surface area contributed by atoms with Crippen LogP contribution < -0.4 is 0 Å². The molecule has 2 N–H and O–H groups in total. The monoisotopic (exact) mass is 388 g/mol. The van der Waals surface area contributed by atoms with E-state index in [1.54, 1.807) is 0 Å². The first-order valence-electron chi connectivity index (χ1n) is 10.9. The lowest BCUT2D eigenvalue weighted by Crippen LogP contribution is -2.13. The Kier molecular flexibility index (Phi) is 22.1. The maximum absolute atomic E-state index is 11.3. The summed E-state index contributed by atoms with van der Waals surface area (Å²) >= 11 is 0. The van der Waals surface area contributed by atoms with Crippen LogP contribution in [0.15, 0.2) is 0 Å². The number of carboxylic acids is 1. The number of aliphatic carboxylic acids is 1. The number of carbonyl (C=O) groups is 2. The number of rotatable bonds is 16. The van der Waals surface area contributed by atoms with E-state index in [2.05, 4.69) is 6.92 Å². The summed E-state index contributed by atoms with van der Waals surface area (Å²) in [6, 6.07) is 0. The molecule has 0 saturated carbocycles. The quantitative estimate of drug-likeness (QED) is 0.255. The fourth-order valence-corrected chi connectivity index (χ4v) is 2.61. The van der Waals surface area contributed by atoms with E-state index in [-0.39, 0.29) is 12.1 Å². The Balaban J connectivity index is 0. The summed E-state index contributed by atoms with van der Waals surface area (Å²) in [6.07, 6.45) is 16.8. The molecule has 27 heavy (non-hydrogen) atoms. The minimum absolute atomic E-state index is 0.0273. The first-order valence-corrected chi connectivity index (χ1v) is 10.9. The number of ether oxygens (including phenoxy) is 1. The van der Waals surface area contributed by atoms with Crippen LogP contribution in [0, 0.1) is 0 Å². The molecule has 0 aliphatic rings. The molecule has 0 aliphatic heterocycles. The number of aliphatic hydroxyl groups excluding tert-OH is 1. The third-order valence-electron chi connectivity index (χ3n) is 4.21. The third-order valence-corrected chi connectivity index (χ3v) is 4.21. The summed E-state index contributed by atoms with van der Waals surface area (Å²) in [5.74, 6) is -1.22. The Bertz CT molecular complexity index is 340. The van der Waals surface area contributed by atoms with E-state index < -0.39 is 12.1 Å². The standard InChI is InChI=1S/C19H38O2.C3H6O3/c1-4-5-6-7-8-9-10-11-12-13-14-15-16-17-19(20)21-18(2)3;1-2(4)3(5)6/h18H,4-17H2,1-3H3;2,4H,1H3,(H,5,6). The average Bonchev–Trinajstić information content (AvgIpc) is 2.58. The molecule has 0 fully saturated rings. The van der Waals surface area contributed by atoms with Gasteiger partial charge in [0, 0.05) is 6.42 Å². The van der Waals surface area contributed by atoms with E-state index in [0.717, 1.165) is 6.42 Å². The van der Waals surface area contributed by atoms with Gasteiger partial charge < -0.3 is 14.9 Å². The van der Waals surface area contributed by atoms with Crippen molar-refractivity contribution in [1.82, 2.24) is 0 Å². The number of esters is 1. The lowest BCUT2D eigenvalue weighted by atomic mass is 10.0. The number of hydrogen-bond acceptors (Lipinski definition) is 4. The van der Waals surface area contributed by atoms with Crippen molar-refractivity contribution in [1.29, 1.82) is 0 Å². The highest BCUT2D eigenvalue weighted by molar-refractivity contribution is 5.71. The van der Waals surface area contributed by atoms with E-state index in [1.165, 1.54) is 84.0 Å². The molecule has 0 bridgehead atoms. The number of carboxylic acid groups (broad SMARTS) is 1. The molecule has 0 saturated heterocycles. The fourth-order valence-electron chi connectivity index (χ4n) is 2.61. The van der Waals surface area contributed by atoms with Gasteiger partial charge in [0.05, 0.1) is 6.10 Å². The van der Waals surface area contributed by atoms with Crippen LogP contribution in [-0.2, 0) is 14.3 Å². The largest absolute Gasteiger partial charge is 0.479 e. The van der Waals surface area contributed by atoms with Crippen LogP contribution in [-0.4, -0.2) is 34.4 Å². The van der Waals surface area contributed by atoms with Crippen molar-refractivity contribution < 1.29 is 24.5 Å². The smallest absolute Gasteiger partial charge is 0.332 e. The zero-order valence-electron chi connectivity index (χ0n) is 18.2. The Morgan fingerprint density at radius 3 is 1.37 bits per heavy atom. The van der Waals surface area contributed by atoms with Gasteiger partial charge in [-0.25, -0.2) is 4.79 Å². The van der Waals surface area contributed by atoms with Crippen LogP contribution in [0.3, 0.4) is 0 Å². The predicted molar refractivity (Wildman–Crippen MR) is 111 cm³/mol. The van der Waals surface area contributed by atoms with Gasteiger partial charge in [-0.05, 0) is 27.2 Å². The molecule has 0 amide bonds. The summed E-state index contributed by atoms with van der Waals surface area (Å²) < 4.78 is 5.12. The van der Waals surface area contributed by atoms with Gasteiger partial charge in [0.1, 0.15) is 6.10 Å². The normalized spacial score (nSPS) is 11.6. The first-order chi connectivity index (χ1) is 12.8. The number of unbranched alkanes of at least 4 members (excludes halogenated alkanes) is 12. The van der Waals surface area contributed by atoms with Crippen LogP contribution in [0.2, 0.25) is 0 Å². The highest BCUT2D eigenvalue weighted by Crippen LogP contribution is 2.13. The Labute approximate surface area is 166 Å². The van der Waals surface area contributed by atoms with Crippen LogP contribution in [0.4, 0.5) is 0 Å². The highest BCUT2D eigenvalue weighted by Gasteiger charge is 2.04. The molecule has 0 aliphatic carbocycles. The van der Waals surface area contributed by atoms with E-state index in [4.69, 9.17) is 14.9 Å². The molecular formula is C22H44O5. The van der Waals surface area contributed by atoms with Gasteiger partial charge in [0.2, 0.25) is 0 Å². The molecule has 0 radical (unpaired) electrons. The summed E-state index contributed by atoms with van der Waals surface area (Å²) in [5, 5.41) is 15.8. The minimum Gasteiger partial charge on any atom is -0.479 e.